The molecular formula is C17H19NO2. The summed E-state index contributed by atoms with van der Waals surface area (Å²) in [5.74, 6) is 0.545. The van der Waals surface area contributed by atoms with Gasteiger partial charge in [0.05, 0.1) is 7.11 Å². The van der Waals surface area contributed by atoms with Crippen molar-refractivity contribution < 1.29 is 9.53 Å². The molecule has 3 heteroatoms. The Balaban J connectivity index is 2.06. The Hall–Kier alpha value is -2.29. The highest BCUT2D eigenvalue weighted by atomic mass is 16.5. The van der Waals surface area contributed by atoms with Crippen LogP contribution >= 0.6 is 0 Å². The molecule has 0 heterocycles. The normalized spacial score (nSPS) is 10.1. The molecule has 0 aliphatic carbocycles. The summed E-state index contributed by atoms with van der Waals surface area (Å²) in [6.45, 7) is 2.15. The van der Waals surface area contributed by atoms with E-state index in [1.807, 2.05) is 30.3 Å². The van der Waals surface area contributed by atoms with Crippen LogP contribution in [0.5, 0.6) is 5.75 Å². The van der Waals surface area contributed by atoms with Crippen LogP contribution in [-0.2, 0) is 6.42 Å². The van der Waals surface area contributed by atoms with Gasteiger partial charge < -0.3 is 10.1 Å². The van der Waals surface area contributed by atoms with E-state index < -0.39 is 0 Å². The first kappa shape index (κ1) is 14.1. The molecule has 0 unspecified atom stereocenters. The molecule has 0 radical (unpaired) electrons. The Morgan fingerprint density at radius 1 is 1.15 bits per heavy atom. The van der Waals surface area contributed by atoms with Gasteiger partial charge in [-0.05, 0) is 42.3 Å². The first-order chi connectivity index (χ1) is 9.72. The Kier molecular flexibility index (Phi) is 4.77. The molecule has 0 aliphatic heterocycles. The van der Waals surface area contributed by atoms with Gasteiger partial charge in [0.25, 0.3) is 5.91 Å². The van der Waals surface area contributed by atoms with E-state index >= 15 is 0 Å². The van der Waals surface area contributed by atoms with Crippen molar-refractivity contribution in [2.24, 2.45) is 0 Å². The number of carbonyl (C=O) groups is 1. The average molecular weight is 269 g/mol. The molecule has 0 saturated heterocycles. The number of hydrogen-bond donors (Lipinski definition) is 1. The quantitative estimate of drug-likeness (QED) is 0.894. The van der Waals surface area contributed by atoms with E-state index in [9.17, 15) is 4.79 Å². The lowest BCUT2D eigenvalue weighted by Gasteiger charge is -2.07. The summed E-state index contributed by atoms with van der Waals surface area (Å²) < 4.78 is 5.12. The van der Waals surface area contributed by atoms with Gasteiger partial charge in [0.2, 0.25) is 0 Å². The zero-order chi connectivity index (χ0) is 14.4. The standard InChI is InChI=1S/C17H19NO2/c1-3-5-13-8-10-15(11-9-13)18-17(19)14-6-4-7-16(12-14)20-2/h4,6-12H,3,5H2,1-2H3,(H,18,19). The number of rotatable bonds is 5. The van der Waals surface area contributed by atoms with Crippen molar-refractivity contribution in [3.05, 3.63) is 59.7 Å². The summed E-state index contributed by atoms with van der Waals surface area (Å²) in [5, 5.41) is 2.88. The van der Waals surface area contributed by atoms with Gasteiger partial charge in [0.15, 0.2) is 0 Å². The van der Waals surface area contributed by atoms with Crippen LogP contribution < -0.4 is 10.1 Å². The Labute approximate surface area is 119 Å². The molecule has 0 aromatic heterocycles. The topological polar surface area (TPSA) is 38.3 Å². The third-order valence-corrected chi connectivity index (χ3v) is 3.08. The van der Waals surface area contributed by atoms with Gasteiger partial charge in [-0.15, -0.1) is 0 Å². The van der Waals surface area contributed by atoms with Gasteiger partial charge in [-0.3, -0.25) is 4.79 Å². The Morgan fingerprint density at radius 3 is 2.55 bits per heavy atom. The van der Waals surface area contributed by atoms with Crippen LogP contribution in [0, 0.1) is 0 Å². The number of amides is 1. The third kappa shape index (κ3) is 3.60. The first-order valence-corrected chi connectivity index (χ1v) is 6.77. The van der Waals surface area contributed by atoms with Gasteiger partial charge >= 0.3 is 0 Å². The number of hydrogen-bond acceptors (Lipinski definition) is 2. The lowest BCUT2D eigenvalue weighted by Crippen LogP contribution is -2.11. The van der Waals surface area contributed by atoms with Crippen molar-refractivity contribution in [1.82, 2.24) is 0 Å². The number of methoxy groups -OCH3 is 1. The van der Waals surface area contributed by atoms with Crippen molar-refractivity contribution in [2.45, 2.75) is 19.8 Å². The van der Waals surface area contributed by atoms with E-state index in [0.717, 1.165) is 18.5 Å². The highest BCUT2D eigenvalue weighted by molar-refractivity contribution is 6.04. The van der Waals surface area contributed by atoms with Crippen molar-refractivity contribution in [3.63, 3.8) is 0 Å². The zero-order valence-corrected chi connectivity index (χ0v) is 11.8. The van der Waals surface area contributed by atoms with E-state index in [1.54, 1.807) is 25.3 Å². The molecule has 1 N–H and O–H groups in total. The molecule has 0 fully saturated rings. The van der Waals surface area contributed by atoms with Crippen LogP contribution in [0.3, 0.4) is 0 Å². The van der Waals surface area contributed by atoms with E-state index in [1.165, 1.54) is 5.56 Å². The highest BCUT2D eigenvalue weighted by Crippen LogP contribution is 2.15. The molecule has 2 aromatic rings. The fraction of sp³-hybridized carbons (Fsp3) is 0.235. The van der Waals surface area contributed by atoms with Gasteiger partial charge in [-0.1, -0.05) is 31.5 Å². The Bertz CT molecular complexity index is 576. The van der Waals surface area contributed by atoms with E-state index in [0.29, 0.717) is 11.3 Å². The molecule has 2 rings (SSSR count). The second kappa shape index (κ2) is 6.75. The minimum atomic E-state index is -0.132. The van der Waals surface area contributed by atoms with E-state index in [4.69, 9.17) is 4.74 Å². The second-order valence-electron chi connectivity index (χ2n) is 4.63. The molecule has 0 atom stereocenters. The third-order valence-electron chi connectivity index (χ3n) is 3.08. The second-order valence-corrected chi connectivity index (χ2v) is 4.63. The first-order valence-electron chi connectivity index (χ1n) is 6.77. The minimum absolute atomic E-state index is 0.132. The summed E-state index contributed by atoms with van der Waals surface area (Å²) in [6.07, 6.45) is 2.18. The van der Waals surface area contributed by atoms with Crippen LogP contribution in [0.4, 0.5) is 5.69 Å². The smallest absolute Gasteiger partial charge is 0.255 e. The SMILES string of the molecule is CCCc1ccc(NC(=O)c2cccc(OC)c2)cc1. The van der Waals surface area contributed by atoms with Crippen LogP contribution in [0.1, 0.15) is 29.3 Å². The number of benzene rings is 2. The van der Waals surface area contributed by atoms with Crippen LogP contribution in [0.15, 0.2) is 48.5 Å². The van der Waals surface area contributed by atoms with Crippen molar-refractivity contribution >= 4 is 11.6 Å². The summed E-state index contributed by atoms with van der Waals surface area (Å²) in [5.41, 5.74) is 2.67. The van der Waals surface area contributed by atoms with E-state index in [2.05, 4.69) is 12.2 Å². The number of aryl methyl sites for hydroxylation is 1. The van der Waals surface area contributed by atoms with Gasteiger partial charge in [0, 0.05) is 11.3 Å². The van der Waals surface area contributed by atoms with Crippen LogP contribution in [-0.4, -0.2) is 13.0 Å². The molecule has 3 nitrogen and oxygen atoms in total. The van der Waals surface area contributed by atoms with Crippen LogP contribution in [0.25, 0.3) is 0 Å². The maximum Gasteiger partial charge on any atom is 0.255 e. The number of carbonyl (C=O) groups excluding carboxylic acids is 1. The molecule has 2 aromatic carbocycles. The molecule has 104 valence electrons. The van der Waals surface area contributed by atoms with Gasteiger partial charge in [0.1, 0.15) is 5.75 Å². The fourth-order valence-electron chi connectivity index (χ4n) is 2.01. The lowest BCUT2D eigenvalue weighted by molar-refractivity contribution is 0.102. The predicted octanol–water partition coefficient (Wildman–Crippen LogP) is 3.90. The van der Waals surface area contributed by atoms with Crippen molar-refractivity contribution in [2.75, 3.05) is 12.4 Å². The molecule has 0 bridgehead atoms. The number of nitrogens with one attached hydrogen (secondary N) is 1. The average Bonchev–Trinajstić information content (AvgIpc) is 2.49. The molecule has 1 amide bonds. The molecule has 0 spiro atoms. The van der Waals surface area contributed by atoms with Gasteiger partial charge in [-0.25, -0.2) is 0 Å². The highest BCUT2D eigenvalue weighted by Gasteiger charge is 2.07. The summed E-state index contributed by atoms with van der Waals surface area (Å²) >= 11 is 0. The number of ether oxygens (including phenoxy) is 1. The van der Waals surface area contributed by atoms with Crippen molar-refractivity contribution in [1.29, 1.82) is 0 Å². The summed E-state index contributed by atoms with van der Waals surface area (Å²) in [6, 6.07) is 15.1. The maximum absolute atomic E-state index is 12.1. The summed E-state index contributed by atoms with van der Waals surface area (Å²) in [4.78, 5) is 12.1. The van der Waals surface area contributed by atoms with Crippen LogP contribution in [0.2, 0.25) is 0 Å². The molecule has 20 heavy (non-hydrogen) atoms. The Morgan fingerprint density at radius 2 is 1.90 bits per heavy atom. The fourth-order valence-corrected chi connectivity index (χ4v) is 2.01. The number of anilines is 1. The monoisotopic (exact) mass is 269 g/mol. The minimum Gasteiger partial charge on any atom is -0.497 e. The largest absolute Gasteiger partial charge is 0.497 e. The van der Waals surface area contributed by atoms with Gasteiger partial charge in [-0.2, -0.15) is 0 Å². The molecule has 0 saturated carbocycles. The molecule has 0 aliphatic rings. The summed E-state index contributed by atoms with van der Waals surface area (Å²) in [7, 11) is 1.59. The van der Waals surface area contributed by atoms with Crippen molar-refractivity contribution in [3.8, 4) is 5.75 Å². The predicted molar refractivity (Wildman–Crippen MR) is 81.4 cm³/mol. The molecular weight excluding hydrogens is 250 g/mol. The maximum atomic E-state index is 12.1. The van der Waals surface area contributed by atoms with E-state index in [-0.39, 0.29) is 5.91 Å². The lowest BCUT2D eigenvalue weighted by atomic mass is 10.1. The zero-order valence-electron chi connectivity index (χ0n) is 11.8.